The van der Waals surface area contributed by atoms with Crippen molar-refractivity contribution < 1.29 is 14.6 Å². The molecule has 0 unspecified atom stereocenters. The minimum absolute atomic E-state index is 0.229. The number of phenolic OH excluding ortho intramolecular Hbond substituents is 1. The van der Waals surface area contributed by atoms with Gasteiger partial charge in [-0.2, -0.15) is 0 Å². The summed E-state index contributed by atoms with van der Waals surface area (Å²) in [6, 6.07) is 10.5. The van der Waals surface area contributed by atoms with Crippen LogP contribution in [-0.4, -0.2) is 17.7 Å². The molecular weight excluding hydrogens is 300 g/mol. The molecule has 0 aliphatic carbocycles. The quantitative estimate of drug-likeness (QED) is 0.440. The maximum Gasteiger partial charge on any atom is 0.338 e. The van der Waals surface area contributed by atoms with E-state index in [1.807, 2.05) is 12.1 Å². The van der Waals surface area contributed by atoms with Crippen molar-refractivity contribution in [1.29, 1.82) is 0 Å². The van der Waals surface area contributed by atoms with Crippen LogP contribution in [0.2, 0.25) is 0 Å². The molecule has 0 saturated heterocycles. The van der Waals surface area contributed by atoms with Gasteiger partial charge in [0, 0.05) is 0 Å². The van der Waals surface area contributed by atoms with Gasteiger partial charge < -0.3 is 9.84 Å². The summed E-state index contributed by atoms with van der Waals surface area (Å²) in [7, 11) is 0. The van der Waals surface area contributed by atoms with Crippen LogP contribution in [0.5, 0.6) is 5.75 Å². The molecule has 0 aromatic heterocycles. The molecule has 2 rings (SSSR count). The van der Waals surface area contributed by atoms with Crippen LogP contribution in [0.1, 0.15) is 68.6 Å². The summed E-state index contributed by atoms with van der Waals surface area (Å²) in [5.41, 5.74) is 0.563. The van der Waals surface area contributed by atoms with E-state index in [1.54, 1.807) is 24.3 Å². The first-order chi connectivity index (χ1) is 11.7. The summed E-state index contributed by atoms with van der Waals surface area (Å²) in [5.74, 6) is -0.0413. The lowest BCUT2D eigenvalue weighted by atomic mass is 10.1. The van der Waals surface area contributed by atoms with E-state index in [0.29, 0.717) is 12.2 Å². The molecule has 0 saturated carbocycles. The van der Waals surface area contributed by atoms with Crippen LogP contribution in [0.15, 0.2) is 36.4 Å². The van der Waals surface area contributed by atoms with Gasteiger partial charge in [0.1, 0.15) is 5.75 Å². The molecule has 24 heavy (non-hydrogen) atoms. The smallest absolute Gasteiger partial charge is 0.338 e. The fraction of sp³-hybridized carbons (Fsp3) is 0.476. The van der Waals surface area contributed by atoms with Crippen molar-refractivity contribution in [2.24, 2.45) is 0 Å². The van der Waals surface area contributed by atoms with Crippen molar-refractivity contribution in [2.45, 2.75) is 58.3 Å². The summed E-state index contributed by atoms with van der Waals surface area (Å²) in [4.78, 5) is 12.1. The van der Waals surface area contributed by atoms with Gasteiger partial charge in [-0.3, -0.25) is 0 Å². The average Bonchev–Trinajstić information content (AvgIpc) is 2.59. The third-order valence-corrected chi connectivity index (χ3v) is 4.29. The third-order valence-electron chi connectivity index (χ3n) is 4.29. The van der Waals surface area contributed by atoms with Crippen molar-refractivity contribution in [2.75, 3.05) is 6.61 Å². The maximum absolute atomic E-state index is 12.1. The molecule has 0 heterocycles. The number of rotatable bonds is 10. The lowest BCUT2D eigenvalue weighted by Crippen LogP contribution is -2.06. The number of fused-ring (bicyclic) bond motifs is 1. The van der Waals surface area contributed by atoms with Crippen LogP contribution in [-0.2, 0) is 4.74 Å². The number of unbranched alkanes of at least 4 members (excludes halogenated alkanes) is 7. The third kappa shape index (κ3) is 5.88. The molecule has 2 aromatic rings. The molecule has 1 N–H and O–H groups in total. The topological polar surface area (TPSA) is 46.5 Å². The highest BCUT2D eigenvalue weighted by molar-refractivity contribution is 5.95. The fourth-order valence-corrected chi connectivity index (χ4v) is 2.84. The number of aromatic hydroxyl groups is 1. The van der Waals surface area contributed by atoms with Crippen LogP contribution in [0.4, 0.5) is 0 Å². The molecule has 3 heteroatoms. The average molecular weight is 328 g/mol. The normalized spacial score (nSPS) is 10.9. The van der Waals surface area contributed by atoms with Crippen molar-refractivity contribution in [3.63, 3.8) is 0 Å². The molecule has 2 aromatic carbocycles. The number of carbonyl (C=O) groups excluding carboxylic acids is 1. The van der Waals surface area contributed by atoms with E-state index in [-0.39, 0.29) is 11.7 Å². The summed E-state index contributed by atoms with van der Waals surface area (Å²) < 4.78 is 5.36. The Hall–Kier alpha value is -2.03. The first kappa shape index (κ1) is 18.3. The highest BCUT2D eigenvalue weighted by atomic mass is 16.5. The molecule has 130 valence electrons. The molecule has 0 fully saturated rings. The van der Waals surface area contributed by atoms with E-state index in [0.717, 1.165) is 23.6 Å². The van der Waals surface area contributed by atoms with Gasteiger partial charge in [-0.15, -0.1) is 0 Å². The predicted octanol–water partition coefficient (Wildman–Crippen LogP) is 5.84. The SMILES string of the molecule is CCCCCCCCCCOC(=O)c1ccc2cc(O)ccc2c1. The summed E-state index contributed by atoms with van der Waals surface area (Å²) in [6.07, 6.45) is 9.84. The first-order valence-electron chi connectivity index (χ1n) is 9.10. The Morgan fingerprint density at radius 2 is 1.50 bits per heavy atom. The van der Waals surface area contributed by atoms with E-state index in [4.69, 9.17) is 4.74 Å². The van der Waals surface area contributed by atoms with Gasteiger partial charge >= 0.3 is 5.97 Å². The number of esters is 1. The molecule has 0 aliphatic heterocycles. The molecule has 0 amide bonds. The summed E-state index contributed by atoms with van der Waals surface area (Å²) in [6.45, 7) is 2.72. The van der Waals surface area contributed by atoms with Crippen LogP contribution < -0.4 is 0 Å². The fourth-order valence-electron chi connectivity index (χ4n) is 2.84. The van der Waals surface area contributed by atoms with E-state index in [2.05, 4.69) is 6.92 Å². The van der Waals surface area contributed by atoms with Crippen molar-refractivity contribution in [3.05, 3.63) is 42.0 Å². The molecule has 3 nitrogen and oxygen atoms in total. The predicted molar refractivity (Wildman–Crippen MR) is 98.5 cm³/mol. The minimum Gasteiger partial charge on any atom is -0.508 e. The van der Waals surface area contributed by atoms with E-state index in [9.17, 15) is 9.90 Å². The monoisotopic (exact) mass is 328 g/mol. The Kier molecular flexibility index (Phi) is 7.60. The highest BCUT2D eigenvalue weighted by Gasteiger charge is 2.08. The Labute approximate surface area is 144 Å². The van der Waals surface area contributed by atoms with E-state index in [1.165, 1.54) is 38.5 Å². The zero-order chi connectivity index (χ0) is 17.2. The second-order valence-electron chi connectivity index (χ2n) is 6.36. The second-order valence-corrected chi connectivity index (χ2v) is 6.36. The van der Waals surface area contributed by atoms with Crippen LogP contribution in [0, 0.1) is 0 Å². The largest absolute Gasteiger partial charge is 0.508 e. The van der Waals surface area contributed by atoms with Gasteiger partial charge in [0.05, 0.1) is 12.2 Å². The Morgan fingerprint density at radius 3 is 2.25 bits per heavy atom. The number of hydrogen-bond donors (Lipinski definition) is 1. The van der Waals surface area contributed by atoms with Crippen LogP contribution in [0.3, 0.4) is 0 Å². The van der Waals surface area contributed by atoms with Crippen molar-refractivity contribution in [1.82, 2.24) is 0 Å². The number of ether oxygens (including phenoxy) is 1. The summed E-state index contributed by atoms with van der Waals surface area (Å²) in [5, 5.41) is 11.3. The van der Waals surface area contributed by atoms with Gasteiger partial charge in [-0.25, -0.2) is 4.79 Å². The van der Waals surface area contributed by atoms with Crippen molar-refractivity contribution >= 4 is 16.7 Å². The Balaban J connectivity index is 1.68. The molecule has 0 radical (unpaired) electrons. The lowest BCUT2D eigenvalue weighted by Gasteiger charge is -2.06. The lowest BCUT2D eigenvalue weighted by molar-refractivity contribution is 0.0498. The highest BCUT2D eigenvalue weighted by Crippen LogP contribution is 2.21. The Morgan fingerprint density at radius 1 is 0.875 bits per heavy atom. The van der Waals surface area contributed by atoms with E-state index >= 15 is 0 Å². The molecule has 0 atom stereocenters. The molecule has 0 aliphatic rings. The number of phenols is 1. The second kappa shape index (κ2) is 9.96. The van der Waals surface area contributed by atoms with Gasteiger partial charge in [-0.1, -0.05) is 64.0 Å². The minimum atomic E-state index is -0.270. The molecule has 0 bridgehead atoms. The zero-order valence-electron chi connectivity index (χ0n) is 14.6. The first-order valence-corrected chi connectivity index (χ1v) is 9.10. The zero-order valence-corrected chi connectivity index (χ0v) is 14.6. The standard InChI is InChI=1S/C21H28O3/c1-2-3-4-5-6-7-8-9-14-24-21(23)19-11-10-18-16-20(22)13-12-17(18)15-19/h10-13,15-16,22H,2-9,14H2,1H3. The van der Waals surface area contributed by atoms with Gasteiger partial charge in [0.25, 0.3) is 0 Å². The number of benzene rings is 2. The molecule has 0 spiro atoms. The van der Waals surface area contributed by atoms with Gasteiger partial charge in [0.15, 0.2) is 0 Å². The van der Waals surface area contributed by atoms with Gasteiger partial charge in [-0.05, 0) is 41.5 Å². The molecular formula is C21H28O3. The van der Waals surface area contributed by atoms with E-state index < -0.39 is 0 Å². The maximum atomic E-state index is 12.1. The van der Waals surface area contributed by atoms with Crippen LogP contribution in [0.25, 0.3) is 10.8 Å². The van der Waals surface area contributed by atoms with Gasteiger partial charge in [0.2, 0.25) is 0 Å². The number of hydrogen-bond acceptors (Lipinski definition) is 3. The number of carbonyl (C=O) groups is 1. The van der Waals surface area contributed by atoms with Crippen molar-refractivity contribution in [3.8, 4) is 5.75 Å². The Bertz CT molecular complexity index is 649. The van der Waals surface area contributed by atoms with Crippen LogP contribution >= 0.6 is 0 Å². The summed E-state index contributed by atoms with van der Waals surface area (Å²) >= 11 is 0.